The molecule has 1 saturated heterocycles. The lowest BCUT2D eigenvalue weighted by molar-refractivity contribution is -0.392. The molecule has 24 heavy (non-hydrogen) atoms. The summed E-state index contributed by atoms with van der Waals surface area (Å²) in [6.45, 7) is 1.36. The average molecular weight is 347 g/mol. The van der Waals surface area contributed by atoms with Crippen molar-refractivity contribution in [1.29, 1.82) is 0 Å². The zero-order chi connectivity index (χ0) is 18.0. The first-order valence-electron chi connectivity index (χ1n) is 6.94. The normalized spacial score (nSPS) is 30.2. The van der Waals surface area contributed by atoms with Crippen LogP contribution >= 0.6 is 0 Å². The van der Waals surface area contributed by atoms with Crippen molar-refractivity contribution in [1.82, 2.24) is 9.55 Å². The van der Waals surface area contributed by atoms with E-state index in [0.29, 0.717) is 5.82 Å². The minimum Gasteiger partial charge on any atom is -0.479 e. The molecule has 0 bridgehead atoms. The number of aromatic nitrogens is 2. The lowest BCUT2D eigenvalue weighted by atomic mass is 9.99. The molecule has 1 aromatic rings. The third kappa shape index (κ3) is 3.52. The zero-order valence-electron chi connectivity index (χ0n) is 12.6. The predicted molar refractivity (Wildman–Crippen MR) is 73.9 cm³/mol. The zero-order valence-corrected chi connectivity index (χ0v) is 12.6. The second-order valence-corrected chi connectivity index (χ2v) is 5.18. The Hall–Kier alpha value is -2.12. The van der Waals surface area contributed by atoms with Crippen molar-refractivity contribution in [2.75, 3.05) is 6.61 Å². The number of carbonyl (C=O) groups is 1. The van der Waals surface area contributed by atoms with Gasteiger partial charge < -0.3 is 40.0 Å². The lowest BCUT2D eigenvalue weighted by Gasteiger charge is -2.38. The SMILES string of the molecule is Cc1ncc([N+](=O)[O-])n1CCO[C@H]1O[C@@H](C(=O)O)[C@H](O)[C@@H](O)[C@@H]1O. The molecule has 0 spiro atoms. The number of ether oxygens (including phenoxy) is 2. The Morgan fingerprint density at radius 1 is 1.42 bits per heavy atom. The monoisotopic (exact) mass is 347 g/mol. The van der Waals surface area contributed by atoms with Gasteiger partial charge in [0.2, 0.25) is 0 Å². The highest BCUT2D eigenvalue weighted by atomic mass is 16.7. The van der Waals surface area contributed by atoms with Crippen LogP contribution in [0.15, 0.2) is 6.20 Å². The fraction of sp³-hybridized carbons (Fsp3) is 0.667. The predicted octanol–water partition coefficient (Wildman–Crippen LogP) is -1.99. The van der Waals surface area contributed by atoms with Gasteiger partial charge in [0.1, 0.15) is 31.1 Å². The number of aliphatic hydroxyl groups excluding tert-OH is 3. The van der Waals surface area contributed by atoms with Crippen LogP contribution in [0, 0.1) is 17.0 Å². The van der Waals surface area contributed by atoms with Gasteiger partial charge in [0, 0.05) is 6.92 Å². The molecule has 5 atom stereocenters. The Balaban J connectivity index is 2.00. The fourth-order valence-electron chi connectivity index (χ4n) is 2.33. The molecule has 12 heteroatoms. The van der Waals surface area contributed by atoms with Gasteiger partial charge in [-0.3, -0.25) is 0 Å². The van der Waals surface area contributed by atoms with Crippen LogP contribution in [-0.4, -0.2) is 78.2 Å². The topological polar surface area (TPSA) is 177 Å². The first kappa shape index (κ1) is 18.2. The maximum Gasteiger partial charge on any atom is 0.342 e. The van der Waals surface area contributed by atoms with E-state index in [-0.39, 0.29) is 19.0 Å². The Bertz CT molecular complexity index is 619. The van der Waals surface area contributed by atoms with Crippen LogP contribution in [0.25, 0.3) is 0 Å². The molecule has 0 unspecified atom stereocenters. The number of nitro groups is 1. The standard InChI is InChI=1S/C12H17N3O9/c1-5-13-4-6(15(21)22)14(5)2-3-23-12-9(18)7(16)8(17)10(24-12)11(19)20/h4,7-10,12,16-18H,2-3H2,1H3,(H,19,20)/t7-,8-,9+,10-,12+/m1/s1. The Morgan fingerprint density at radius 3 is 2.67 bits per heavy atom. The average Bonchev–Trinajstić information content (AvgIpc) is 2.88. The largest absolute Gasteiger partial charge is 0.479 e. The van der Waals surface area contributed by atoms with Crippen molar-refractivity contribution in [3.8, 4) is 0 Å². The van der Waals surface area contributed by atoms with E-state index in [4.69, 9.17) is 14.6 Å². The van der Waals surface area contributed by atoms with Crippen molar-refractivity contribution in [2.24, 2.45) is 0 Å². The van der Waals surface area contributed by atoms with Crippen molar-refractivity contribution in [3.05, 3.63) is 22.1 Å². The number of rotatable bonds is 6. The van der Waals surface area contributed by atoms with Gasteiger partial charge in [-0.15, -0.1) is 0 Å². The van der Waals surface area contributed by atoms with Crippen LogP contribution in [0.1, 0.15) is 5.82 Å². The number of hydrogen-bond donors (Lipinski definition) is 4. The fourth-order valence-corrected chi connectivity index (χ4v) is 2.33. The summed E-state index contributed by atoms with van der Waals surface area (Å²) in [7, 11) is 0. The number of aryl methyl sites for hydroxylation is 1. The molecule has 0 aromatic carbocycles. The molecule has 2 rings (SSSR count). The Kier molecular flexibility index (Phi) is 5.46. The van der Waals surface area contributed by atoms with Crippen LogP contribution in [-0.2, 0) is 20.8 Å². The number of carboxylic acids is 1. The minimum atomic E-state index is -1.81. The first-order valence-corrected chi connectivity index (χ1v) is 6.94. The van der Waals surface area contributed by atoms with E-state index in [2.05, 4.69) is 4.98 Å². The number of aliphatic hydroxyl groups is 3. The molecule has 1 fully saturated rings. The molecular weight excluding hydrogens is 330 g/mol. The molecule has 0 radical (unpaired) electrons. The number of nitrogens with zero attached hydrogens (tertiary/aromatic N) is 3. The summed E-state index contributed by atoms with van der Waals surface area (Å²) in [5.74, 6) is -1.41. The smallest absolute Gasteiger partial charge is 0.342 e. The van der Waals surface area contributed by atoms with Gasteiger partial charge in [-0.2, -0.15) is 0 Å². The third-order valence-corrected chi connectivity index (χ3v) is 3.63. The number of aliphatic carboxylic acids is 1. The number of imidazole rings is 1. The molecule has 0 aliphatic carbocycles. The second-order valence-electron chi connectivity index (χ2n) is 5.18. The highest BCUT2D eigenvalue weighted by molar-refractivity contribution is 5.73. The number of hydrogen-bond acceptors (Lipinski definition) is 9. The van der Waals surface area contributed by atoms with Crippen molar-refractivity contribution in [2.45, 2.75) is 44.2 Å². The van der Waals surface area contributed by atoms with Gasteiger partial charge >= 0.3 is 11.8 Å². The molecule has 1 aliphatic heterocycles. The van der Waals surface area contributed by atoms with Gasteiger partial charge in [0.15, 0.2) is 18.2 Å². The summed E-state index contributed by atoms with van der Waals surface area (Å²) in [6, 6.07) is 0. The van der Waals surface area contributed by atoms with E-state index in [9.17, 15) is 30.2 Å². The van der Waals surface area contributed by atoms with Crippen LogP contribution < -0.4 is 0 Å². The van der Waals surface area contributed by atoms with Crippen molar-refractivity contribution >= 4 is 11.8 Å². The Morgan fingerprint density at radius 2 is 2.08 bits per heavy atom. The van der Waals surface area contributed by atoms with E-state index in [1.54, 1.807) is 6.92 Å². The van der Waals surface area contributed by atoms with Crippen LogP contribution in [0.3, 0.4) is 0 Å². The van der Waals surface area contributed by atoms with Gasteiger partial charge in [-0.25, -0.2) is 14.3 Å². The van der Waals surface area contributed by atoms with Crippen molar-refractivity contribution in [3.63, 3.8) is 0 Å². The summed E-state index contributed by atoms with van der Waals surface area (Å²) >= 11 is 0. The van der Waals surface area contributed by atoms with Crippen LogP contribution in [0.2, 0.25) is 0 Å². The maximum absolute atomic E-state index is 11.0. The summed E-state index contributed by atoms with van der Waals surface area (Å²) < 4.78 is 11.4. The first-order chi connectivity index (χ1) is 11.2. The summed E-state index contributed by atoms with van der Waals surface area (Å²) in [4.78, 5) is 25.0. The van der Waals surface area contributed by atoms with Gasteiger partial charge in [0.05, 0.1) is 6.61 Å². The summed E-state index contributed by atoms with van der Waals surface area (Å²) in [5.41, 5.74) is 0. The molecule has 134 valence electrons. The molecule has 4 N–H and O–H groups in total. The van der Waals surface area contributed by atoms with E-state index in [1.165, 1.54) is 4.57 Å². The highest BCUT2D eigenvalue weighted by Gasteiger charge is 2.47. The quantitative estimate of drug-likeness (QED) is 0.332. The molecule has 1 aromatic heterocycles. The van der Waals surface area contributed by atoms with E-state index >= 15 is 0 Å². The van der Waals surface area contributed by atoms with Crippen LogP contribution in [0.4, 0.5) is 5.82 Å². The van der Waals surface area contributed by atoms with E-state index < -0.39 is 41.6 Å². The maximum atomic E-state index is 11.0. The summed E-state index contributed by atoms with van der Waals surface area (Å²) in [5, 5.41) is 48.8. The third-order valence-electron chi connectivity index (χ3n) is 3.63. The number of carboxylic acid groups (broad SMARTS) is 1. The lowest BCUT2D eigenvalue weighted by Crippen LogP contribution is -2.60. The molecular formula is C12H17N3O9. The minimum absolute atomic E-state index is 0.00882. The van der Waals surface area contributed by atoms with Gasteiger partial charge in [-0.05, 0) is 4.92 Å². The van der Waals surface area contributed by atoms with E-state index in [0.717, 1.165) is 6.20 Å². The molecule has 12 nitrogen and oxygen atoms in total. The van der Waals surface area contributed by atoms with Crippen molar-refractivity contribution < 1.29 is 39.6 Å². The summed E-state index contributed by atoms with van der Waals surface area (Å²) in [6.07, 6.45) is -7.44. The molecule has 1 aliphatic rings. The highest BCUT2D eigenvalue weighted by Crippen LogP contribution is 2.22. The van der Waals surface area contributed by atoms with Gasteiger partial charge in [0.25, 0.3) is 0 Å². The second kappa shape index (κ2) is 7.19. The molecule has 0 saturated carbocycles. The van der Waals surface area contributed by atoms with Crippen LogP contribution in [0.5, 0.6) is 0 Å². The van der Waals surface area contributed by atoms with E-state index in [1.807, 2.05) is 0 Å². The molecule has 2 heterocycles. The van der Waals surface area contributed by atoms with Gasteiger partial charge in [-0.1, -0.05) is 0 Å². The Labute approximate surface area is 135 Å². The molecule has 0 amide bonds.